The molecule has 2 aromatic heterocycles. The van der Waals surface area contributed by atoms with Gasteiger partial charge in [-0.2, -0.15) is 10.1 Å². The second-order valence-corrected chi connectivity index (χ2v) is 7.54. The second-order valence-electron chi connectivity index (χ2n) is 7.15. The zero-order valence-corrected chi connectivity index (χ0v) is 17.5. The fourth-order valence-electron chi connectivity index (χ4n) is 3.22. The van der Waals surface area contributed by atoms with Gasteiger partial charge in [0.25, 0.3) is 0 Å². The molecule has 4 rings (SSSR count). The van der Waals surface area contributed by atoms with Crippen LogP contribution in [0.25, 0.3) is 5.69 Å². The summed E-state index contributed by atoms with van der Waals surface area (Å²) >= 11 is 6.15. The maximum absolute atomic E-state index is 13.1. The molecule has 1 aliphatic rings. The first-order valence-corrected chi connectivity index (χ1v) is 9.96. The Kier molecular flexibility index (Phi) is 5.75. The van der Waals surface area contributed by atoms with Crippen molar-refractivity contribution >= 4 is 29.5 Å². The van der Waals surface area contributed by atoms with Gasteiger partial charge in [0.15, 0.2) is 0 Å². The number of cyclic esters (lactones) is 1. The van der Waals surface area contributed by atoms with Gasteiger partial charge in [0.1, 0.15) is 29.4 Å². The van der Waals surface area contributed by atoms with Crippen molar-refractivity contribution in [1.29, 1.82) is 0 Å². The Balaban J connectivity index is 1.54. The highest BCUT2D eigenvalue weighted by atomic mass is 35.5. The summed E-state index contributed by atoms with van der Waals surface area (Å²) in [4.78, 5) is 21.9. The molecule has 2 N–H and O–H groups in total. The van der Waals surface area contributed by atoms with Crippen LogP contribution in [0.5, 0.6) is 0 Å². The van der Waals surface area contributed by atoms with Gasteiger partial charge in [-0.05, 0) is 44.2 Å². The molecule has 3 atom stereocenters. The lowest BCUT2D eigenvalue weighted by atomic mass is 10.2. The van der Waals surface area contributed by atoms with Gasteiger partial charge in [0.05, 0.1) is 23.5 Å². The van der Waals surface area contributed by atoms with Crippen molar-refractivity contribution in [3.63, 3.8) is 0 Å². The molecule has 1 unspecified atom stereocenters. The number of aliphatic hydroxyl groups is 1. The molecule has 0 bridgehead atoms. The molecular formula is C20H20ClFN6O3. The minimum Gasteiger partial charge on any atom is -0.447 e. The van der Waals surface area contributed by atoms with E-state index < -0.39 is 18.2 Å². The Morgan fingerprint density at radius 3 is 2.71 bits per heavy atom. The van der Waals surface area contributed by atoms with Crippen molar-refractivity contribution in [1.82, 2.24) is 19.7 Å². The van der Waals surface area contributed by atoms with E-state index in [0.717, 1.165) is 5.69 Å². The minimum absolute atomic E-state index is 0.0537. The van der Waals surface area contributed by atoms with E-state index in [1.54, 1.807) is 29.9 Å². The number of carbonyl (C=O) groups excluding carboxylic acids is 1. The van der Waals surface area contributed by atoms with E-state index in [1.807, 2.05) is 13.0 Å². The molecule has 0 aliphatic carbocycles. The first-order chi connectivity index (χ1) is 14.8. The van der Waals surface area contributed by atoms with Crippen LogP contribution in [-0.4, -0.2) is 49.7 Å². The predicted octanol–water partition coefficient (Wildman–Crippen LogP) is 3.33. The van der Waals surface area contributed by atoms with Crippen LogP contribution in [0, 0.1) is 5.82 Å². The summed E-state index contributed by atoms with van der Waals surface area (Å²) in [6, 6.07) is 8.36. The van der Waals surface area contributed by atoms with E-state index in [0.29, 0.717) is 5.69 Å². The Labute approximate surface area is 182 Å². The number of nitrogens with one attached hydrogen (secondary N) is 1. The minimum atomic E-state index is -0.814. The van der Waals surface area contributed by atoms with Gasteiger partial charge >= 0.3 is 6.09 Å². The maximum atomic E-state index is 13.1. The van der Waals surface area contributed by atoms with E-state index in [2.05, 4.69) is 20.4 Å². The van der Waals surface area contributed by atoms with Gasteiger partial charge in [-0.1, -0.05) is 11.6 Å². The molecule has 162 valence electrons. The summed E-state index contributed by atoms with van der Waals surface area (Å²) in [5, 5.41) is 17.7. The molecule has 31 heavy (non-hydrogen) atoms. The summed E-state index contributed by atoms with van der Waals surface area (Å²) in [7, 11) is 0. The fourth-order valence-corrected chi connectivity index (χ4v) is 3.40. The molecular weight excluding hydrogens is 427 g/mol. The molecule has 1 aliphatic heterocycles. The van der Waals surface area contributed by atoms with Gasteiger partial charge in [0.2, 0.25) is 5.95 Å². The van der Waals surface area contributed by atoms with Crippen molar-refractivity contribution in [2.75, 3.05) is 16.8 Å². The molecule has 0 radical (unpaired) electrons. The van der Waals surface area contributed by atoms with Gasteiger partial charge in [0, 0.05) is 12.3 Å². The number of carbonyl (C=O) groups is 1. The summed E-state index contributed by atoms with van der Waals surface area (Å²) in [6.07, 6.45) is 0.335. The smallest absolute Gasteiger partial charge is 0.416 e. The largest absolute Gasteiger partial charge is 0.447 e. The van der Waals surface area contributed by atoms with E-state index in [4.69, 9.17) is 16.3 Å². The lowest BCUT2D eigenvalue weighted by Gasteiger charge is -2.23. The summed E-state index contributed by atoms with van der Waals surface area (Å²) in [6.45, 7) is 3.49. The van der Waals surface area contributed by atoms with Crippen LogP contribution in [0.15, 0.2) is 42.6 Å². The average molecular weight is 447 g/mol. The van der Waals surface area contributed by atoms with Gasteiger partial charge in [-0.3, -0.25) is 4.90 Å². The zero-order valence-electron chi connectivity index (χ0n) is 16.7. The summed E-state index contributed by atoms with van der Waals surface area (Å²) in [5.74, 6) is 0.0927. The van der Waals surface area contributed by atoms with Crippen LogP contribution in [0.3, 0.4) is 0 Å². The number of benzene rings is 1. The number of hydrogen-bond acceptors (Lipinski definition) is 7. The third-order valence-electron chi connectivity index (χ3n) is 4.88. The Hall–Kier alpha value is -3.24. The van der Waals surface area contributed by atoms with Crippen LogP contribution < -0.4 is 10.2 Å². The molecule has 3 aromatic rings. The highest BCUT2D eigenvalue weighted by molar-refractivity contribution is 6.29. The van der Waals surface area contributed by atoms with Crippen molar-refractivity contribution in [2.24, 2.45) is 0 Å². The normalized spacial score (nSPS) is 18.0. The highest BCUT2D eigenvalue weighted by Gasteiger charge is 2.38. The van der Waals surface area contributed by atoms with Gasteiger partial charge in [-0.25, -0.2) is 18.9 Å². The number of amides is 1. The second kappa shape index (κ2) is 8.48. The van der Waals surface area contributed by atoms with Crippen molar-refractivity contribution in [2.45, 2.75) is 32.0 Å². The standard InChI is InChI=1S/C20H20ClFN6O3/c1-11(15-7-8-27(26-15)14-5-3-13(22)4-6-14)23-19-24-17(21)9-18(25-19)28-16(12(2)29)10-31-20(28)30/h3-9,11-12,16,29H,10H2,1-2H3,(H,23,24,25)/t11-,12+,16?/m0/s1. The average Bonchev–Trinajstić information content (AvgIpc) is 3.35. The van der Waals surface area contributed by atoms with Crippen molar-refractivity contribution in [3.8, 4) is 5.69 Å². The number of ether oxygens (including phenoxy) is 1. The number of anilines is 2. The van der Waals surface area contributed by atoms with Crippen molar-refractivity contribution in [3.05, 3.63) is 59.3 Å². The summed E-state index contributed by atoms with van der Waals surface area (Å²) < 4.78 is 19.8. The lowest BCUT2D eigenvalue weighted by Crippen LogP contribution is -2.41. The van der Waals surface area contributed by atoms with Gasteiger partial charge < -0.3 is 15.2 Å². The number of aromatic nitrogens is 4. The van der Waals surface area contributed by atoms with E-state index in [9.17, 15) is 14.3 Å². The van der Waals surface area contributed by atoms with Crippen LogP contribution in [-0.2, 0) is 4.74 Å². The molecule has 0 saturated carbocycles. The van der Waals surface area contributed by atoms with E-state index in [-0.39, 0.29) is 35.4 Å². The van der Waals surface area contributed by atoms with Crippen molar-refractivity contribution < 1.29 is 19.0 Å². The van der Waals surface area contributed by atoms with Crippen LogP contribution >= 0.6 is 11.6 Å². The van der Waals surface area contributed by atoms with Crippen LogP contribution in [0.4, 0.5) is 21.0 Å². The fraction of sp³-hybridized carbons (Fsp3) is 0.300. The SMILES string of the molecule is C[C@H](Nc1nc(Cl)cc(N2C(=O)OCC2[C@@H](C)O)n1)c1ccn(-c2ccc(F)cc2)n1. The Morgan fingerprint density at radius 1 is 1.26 bits per heavy atom. The van der Waals surface area contributed by atoms with E-state index in [1.165, 1.54) is 23.1 Å². The Morgan fingerprint density at radius 2 is 2.00 bits per heavy atom. The molecule has 9 nitrogen and oxygen atoms in total. The lowest BCUT2D eigenvalue weighted by molar-refractivity contribution is 0.142. The topological polar surface area (TPSA) is 105 Å². The molecule has 11 heteroatoms. The number of nitrogens with zero attached hydrogens (tertiary/aromatic N) is 5. The molecule has 1 fully saturated rings. The summed E-state index contributed by atoms with van der Waals surface area (Å²) in [5.41, 5.74) is 1.41. The zero-order chi connectivity index (χ0) is 22.1. The molecule has 1 aromatic carbocycles. The predicted molar refractivity (Wildman–Crippen MR) is 112 cm³/mol. The maximum Gasteiger partial charge on any atom is 0.416 e. The quantitative estimate of drug-likeness (QED) is 0.559. The number of hydrogen-bond donors (Lipinski definition) is 2. The Bertz CT molecular complexity index is 1090. The van der Waals surface area contributed by atoms with Crippen LogP contribution in [0.2, 0.25) is 5.15 Å². The van der Waals surface area contributed by atoms with E-state index >= 15 is 0 Å². The molecule has 1 saturated heterocycles. The number of aliphatic hydroxyl groups excluding tert-OH is 1. The first kappa shape index (κ1) is 21.0. The number of rotatable bonds is 6. The monoisotopic (exact) mass is 446 g/mol. The third-order valence-corrected chi connectivity index (χ3v) is 5.07. The highest BCUT2D eigenvalue weighted by Crippen LogP contribution is 2.27. The first-order valence-electron chi connectivity index (χ1n) is 9.58. The molecule has 1 amide bonds. The third kappa shape index (κ3) is 4.44. The van der Waals surface area contributed by atoms with Crippen LogP contribution in [0.1, 0.15) is 25.6 Å². The molecule has 3 heterocycles. The molecule has 0 spiro atoms. The van der Waals surface area contributed by atoms with Gasteiger partial charge in [-0.15, -0.1) is 0 Å². The number of halogens is 2.